The number of rotatable bonds is 3. The van der Waals surface area contributed by atoms with Gasteiger partial charge in [-0.3, -0.25) is 9.59 Å². The molecule has 1 aromatic heterocycles. The SMILES string of the molecule is CC(C)N1C(=O)c2cccnc2Sc2cc(C(=O)Nc3cccc(C#N)c3)ccc21. The third-order valence-electron chi connectivity index (χ3n) is 4.67. The molecule has 30 heavy (non-hydrogen) atoms. The van der Waals surface area contributed by atoms with Crippen molar-refractivity contribution in [2.45, 2.75) is 29.8 Å². The number of carbonyl (C=O) groups is 2. The molecule has 2 heterocycles. The molecule has 2 aromatic carbocycles. The molecule has 4 rings (SSSR count). The Bertz CT molecular complexity index is 1200. The van der Waals surface area contributed by atoms with Crippen molar-refractivity contribution in [3.05, 3.63) is 77.5 Å². The minimum Gasteiger partial charge on any atom is -0.322 e. The Morgan fingerprint density at radius 1 is 1.17 bits per heavy atom. The maximum Gasteiger partial charge on any atom is 0.261 e. The largest absolute Gasteiger partial charge is 0.322 e. The van der Waals surface area contributed by atoms with Crippen molar-refractivity contribution in [1.82, 2.24) is 4.98 Å². The van der Waals surface area contributed by atoms with Gasteiger partial charge in [0.1, 0.15) is 5.03 Å². The molecule has 0 saturated heterocycles. The molecule has 1 N–H and O–H groups in total. The first-order valence-corrected chi connectivity index (χ1v) is 10.2. The van der Waals surface area contributed by atoms with Gasteiger partial charge in [0, 0.05) is 28.4 Å². The highest BCUT2D eigenvalue weighted by molar-refractivity contribution is 7.99. The summed E-state index contributed by atoms with van der Waals surface area (Å²) in [5, 5.41) is 12.5. The zero-order valence-corrected chi connectivity index (χ0v) is 17.2. The summed E-state index contributed by atoms with van der Waals surface area (Å²) in [6.45, 7) is 3.91. The van der Waals surface area contributed by atoms with Crippen LogP contribution in [0.25, 0.3) is 0 Å². The van der Waals surface area contributed by atoms with E-state index in [1.54, 1.807) is 65.7 Å². The van der Waals surface area contributed by atoms with Gasteiger partial charge in [-0.1, -0.05) is 17.8 Å². The summed E-state index contributed by atoms with van der Waals surface area (Å²) in [6.07, 6.45) is 1.66. The number of benzene rings is 2. The monoisotopic (exact) mass is 414 g/mol. The maximum absolute atomic E-state index is 13.1. The summed E-state index contributed by atoms with van der Waals surface area (Å²) in [7, 11) is 0. The highest BCUT2D eigenvalue weighted by Gasteiger charge is 2.30. The van der Waals surface area contributed by atoms with E-state index < -0.39 is 0 Å². The lowest BCUT2D eigenvalue weighted by molar-refractivity contribution is 0.0976. The molecule has 0 bridgehead atoms. The second-order valence-electron chi connectivity index (χ2n) is 7.06. The van der Waals surface area contributed by atoms with Crippen LogP contribution in [0.1, 0.15) is 40.1 Å². The normalized spacial score (nSPS) is 12.6. The summed E-state index contributed by atoms with van der Waals surface area (Å²) >= 11 is 1.38. The van der Waals surface area contributed by atoms with Crippen LogP contribution < -0.4 is 10.2 Å². The van der Waals surface area contributed by atoms with Gasteiger partial charge in [-0.15, -0.1) is 0 Å². The van der Waals surface area contributed by atoms with Crippen LogP contribution in [0.3, 0.4) is 0 Å². The van der Waals surface area contributed by atoms with Gasteiger partial charge in [0.05, 0.1) is 22.9 Å². The van der Waals surface area contributed by atoms with E-state index >= 15 is 0 Å². The quantitative estimate of drug-likeness (QED) is 0.670. The number of nitrogens with zero attached hydrogens (tertiary/aromatic N) is 3. The number of fused-ring (bicyclic) bond motifs is 2. The maximum atomic E-state index is 13.1. The average Bonchev–Trinajstić information content (AvgIpc) is 2.87. The molecule has 0 spiro atoms. The number of amides is 2. The first-order valence-electron chi connectivity index (χ1n) is 9.40. The molecule has 1 aliphatic heterocycles. The van der Waals surface area contributed by atoms with Crippen LogP contribution in [-0.2, 0) is 0 Å². The number of carbonyl (C=O) groups excluding carboxylic acids is 2. The van der Waals surface area contributed by atoms with Crippen molar-refractivity contribution in [1.29, 1.82) is 5.26 Å². The predicted octanol–water partition coefficient (Wildman–Crippen LogP) is 4.73. The Hall–Kier alpha value is -3.63. The van der Waals surface area contributed by atoms with Crippen LogP contribution in [0.5, 0.6) is 0 Å². The highest BCUT2D eigenvalue weighted by Crippen LogP contribution is 2.41. The van der Waals surface area contributed by atoms with Crippen LogP contribution in [-0.4, -0.2) is 22.8 Å². The molecule has 3 aromatic rings. The van der Waals surface area contributed by atoms with E-state index in [1.165, 1.54) is 11.8 Å². The van der Waals surface area contributed by atoms with E-state index in [9.17, 15) is 9.59 Å². The van der Waals surface area contributed by atoms with Crippen LogP contribution in [0.2, 0.25) is 0 Å². The Morgan fingerprint density at radius 3 is 2.77 bits per heavy atom. The standard InChI is InChI=1S/C23H18N4O2S/c1-14(2)27-19-9-8-16(21(28)26-17-6-3-5-15(11-17)13-24)12-20(19)30-22-18(23(27)29)7-4-10-25-22/h3-12,14H,1-2H3,(H,26,28). The fourth-order valence-electron chi connectivity index (χ4n) is 3.30. The molecule has 1 aliphatic rings. The van der Waals surface area contributed by atoms with E-state index in [2.05, 4.69) is 16.4 Å². The molecule has 0 atom stereocenters. The molecule has 7 heteroatoms. The second-order valence-corrected chi connectivity index (χ2v) is 8.09. The summed E-state index contributed by atoms with van der Waals surface area (Å²) < 4.78 is 0. The van der Waals surface area contributed by atoms with E-state index in [0.29, 0.717) is 27.4 Å². The Labute approximate surface area is 178 Å². The van der Waals surface area contributed by atoms with Gasteiger partial charge in [-0.25, -0.2) is 4.98 Å². The van der Waals surface area contributed by atoms with Crippen molar-refractivity contribution in [2.24, 2.45) is 0 Å². The second kappa shape index (κ2) is 8.01. The molecule has 0 aliphatic carbocycles. The number of hydrogen-bond acceptors (Lipinski definition) is 5. The van der Waals surface area contributed by atoms with Crippen molar-refractivity contribution >= 4 is 35.0 Å². The Kier molecular flexibility index (Phi) is 5.25. The zero-order chi connectivity index (χ0) is 21.3. The first kappa shape index (κ1) is 19.7. The van der Waals surface area contributed by atoms with Crippen molar-refractivity contribution in [2.75, 3.05) is 10.2 Å². The van der Waals surface area contributed by atoms with Gasteiger partial charge in [-0.2, -0.15) is 5.26 Å². The molecule has 0 saturated carbocycles. The topological polar surface area (TPSA) is 86.1 Å². The minimum absolute atomic E-state index is 0.0589. The van der Waals surface area contributed by atoms with Gasteiger partial charge in [0.2, 0.25) is 0 Å². The zero-order valence-electron chi connectivity index (χ0n) is 16.4. The number of hydrogen-bond donors (Lipinski definition) is 1. The third-order valence-corrected chi connectivity index (χ3v) is 5.74. The first-order chi connectivity index (χ1) is 14.5. The number of nitriles is 1. The molecule has 0 unspecified atom stereocenters. The van der Waals surface area contributed by atoms with Crippen molar-refractivity contribution in [3.63, 3.8) is 0 Å². The van der Waals surface area contributed by atoms with Crippen LogP contribution in [0.4, 0.5) is 11.4 Å². The van der Waals surface area contributed by atoms with Crippen molar-refractivity contribution in [3.8, 4) is 6.07 Å². The van der Waals surface area contributed by atoms with E-state index in [4.69, 9.17) is 5.26 Å². The number of aromatic nitrogens is 1. The summed E-state index contributed by atoms with van der Waals surface area (Å²) in [5.74, 6) is -0.397. The molecule has 148 valence electrons. The number of pyridine rings is 1. The number of anilines is 2. The summed E-state index contributed by atoms with van der Waals surface area (Å²) in [6, 6.07) is 17.5. The molecular formula is C23H18N4O2S. The van der Waals surface area contributed by atoms with Gasteiger partial charge in [-0.05, 0) is 62.4 Å². The lowest BCUT2D eigenvalue weighted by Crippen LogP contribution is -2.37. The molecule has 0 radical (unpaired) electrons. The van der Waals surface area contributed by atoms with Crippen LogP contribution in [0.15, 0.2) is 70.7 Å². The van der Waals surface area contributed by atoms with E-state index in [0.717, 1.165) is 10.6 Å². The Balaban J connectivity index is 1.72. The van der Waals surface area contributed by atoms with Crippen LogP contribution in [0, 0.1) is 11.3 Å². The Morgan fingerprint density at radius 2 is 2.00 bits per heavy atom. The van der Waals surface area contributed by atoms with Gasteiger partial charge >= 0.3 is 0 Å². The van der Waals surface area contributed by atoms with Crippen LogP contribution >= 0.6 is 11.8 Å². The molecule has 0 fully saturated rings. The fraction of sp³-hybridized carbons (Fsp3) is 0.130. The minimum atomic E-state index is -0.290. The lowest BCUT2D eigenvalue weighted by Gasteiger charge is -2.27. The van der Waals surface area contributed by atoms with Crippen molar-refractivity contribution < 1.29 is 9.59 Å². The third kappa shape index (κ3) is 3.65. The number of nitrogens with one attached hydrogen (secondary N) is 1. The van der Waals surface area contributed by atoms with Gasteiger partial charge in [0.15, 0.2) is 0 Å². The summed E-state index contributed by atoms with van der Waals surface area (Å²) in [4.78, 5) is 32.8. The van der Waals surface area contributed by atoms with E-state index in [1.807, 2.05) is 13.8 Å². The van der Waals surface area contributed by atoms with Gasteiger partial charge in [0.25, 0.3) is 11.8 Å². The molecular weight excluding hydrogens is 396 g/mol. The average molecular weight is 414 g/mol. The summed E-state index contributed by atoms with van der Waals surface area (Å²) in [5.41, 5.74) is 2.78. The molecule has 2 amide bonds. The predicted molar refractivity (Wildman–Crippen MR) is 116 cm³/mol. The smallest absolute Gasteiger partial charge is 0.261 e. The van der Waals surface area contributed by atoms with Gasteiger partial charge < -0.3 is 10.2 Å². The van der Waals surface area contributed by atoms with E-state index in [-0.39, 0.29) is 17.9 Å². The highest BCUT2D eigenvalue weighted by atomic mass is 32.2. The lowest BCUT2D eigenvalue weighted by atomic mass is 10.1. The molecule has 6 nitrogen and oxygen atoms in total. The fourth-order valence-corrected chi connectivity index (χ4v) is 4.34.